The largest absolute Gasteiger partial charge is 0.346 e. The minimum absolute atomic E-state index is 0.252. The third-order valence-corrected chi connectivity index (χ3v) is 5.49. The molecule has 0 saturated heterocycles. The topological polar surface area (TPSA) is 66.5 Å². The quantitative estimate of drug-likeness (QED) is 0.909. The van der Waals surface area contributed by atoms with Gasteiger partial charge in [-0.2, -0.15) is 0 Å². The normalized spacial score (nSPS) is 14.9. The number of benzene rings is 2. The number of sulfonamides is 1. The molecule has 3 rings (SSSR count). The molecule has 1 N–H and O–H groups in total. The number of carbonyl (C=O) groups excluding carboxylic acids is 1. The Kier molecular flexibility index (Phi) is 4.51. The van der Waals surface area contributed by atoms with Crippen molar-refractivity contribution in [2.75, 3.05) is 17.1 Å². The molecule has 1 heterocycles. The summed E-state index contributed by atoms with van der Waals surface area (Å²) in [5.74, 6) is -0.575. The summed E-state index contributed by atoms with van der Waals surface area (Å²) in [5, 5.41) is 2.87. The van der Waals surface area contributed by atoms with Crippen molar-refractivity contribution in [2.24, 2.45) is 0 Å². The number of fused-ring (bicyclic) bond motifs is 1. The second kappa shape index (κ2) is 6.48. The molecule has 0 radical (unpaired) electrons. The molecule has 7 heteroatoms. The van der Waals surface area contributed by atoms with E-state index in [1.807, 2.05) is 6.92 Å². The van der Waals surface area contributed by atoms with E-state index < -0.39 is 10.0 Å². The van der Waals surface area contributed by atoms with Gasteiger partial charge in [0.2, 0.25) is 10.0 Å². The Bertz CT molecular complexity index is 910. The van der Waals surface area contributed by atoms with Crippen LogP contribution in [0.15, 0.2) is 42.5 Å². The number of anilines is 1. The molecule has 0 aromatic heterocycles. The summed E-state index contributed by atoms with van der Waals surface area (Å²) in [6.45, 7) is 2.22. The number of hydrogen-bond acceptors (Lipinski definition) is 3. The van der Waals surface area contributed by atoms with Gasteiger partial charge >= 0.3 is 0 Å². The van der Waals surface area contributed by atoms with E-state index in [1.54, 1.807) is 30.3 Å². The number of hydrogen-bond donors (Lipinski definition) is 1. The minimum atomic E-state index is -3.31. The molecule has 1 atom stereocenters. The zero-order valence-corrected chi connectivity index (χ0v) is 14.8. The fourth-order valence-corrected chi connectivity index (χ4v) is 3.93. The summed E-state index contributed by atoms with van der Waals surface area (Å²) in [6.07, 6.45) is 1.75. The molecular weight excluding hydrogens is 343 g/mol. The van der Waals surface area contributed by atoms with Gasteiger partial charge < -0.3 is 5.32 Å². The SMILES string of the molecule is C[C@@H](NC(=O)c1ccc2c(c1)CCN2S(C)(=O)=O)c1ccc(F)cc1. The fourth-order valence-electron chi connectivity index (χ4n) is 2.97. The van der Waals surface area contributed by atoms with Crippen LogP contribution in [-0.2, 0) is 16.4 Å². The molecular formula is C18H19FN2O3S. The van der Waals surface area contributed by atoms with Gasteiger partial charge in [0, 0.05) is 12.1 Å². The highest BCUT2D eigenvalue weighted by molar-refractivity contribution is 7.92. The van der Waals surface area contributed by atoms with Crippen LogP contribution in [0.3, 0.4) is 0 Å². The standard InChI is InChI=1S/C18H19FN2O3S/c1-12(13-3-6-16(19)7-4-13)20-18(22)15-5-8-17-14(11-15)9-10-21(17)25(2,23)24/h3-8,11-12H,9-10H2,1-2H3,(H,20,22)/t12-/m1/s1. The van der Waals surface area contributed by atoms with Crippen LogP contribution in [-0.4, -0.2) is 27.1 Å². The Morgan fingerprint density at radius 1 is 1.20 bits per heavy atom. The lowest BCUT2D eigenvalue weighted by atomic mass is 10.1. The number of rotatable bonds is 4. The van der Waals surface area contributed by atoms with E-state index >= 15 is 0 Å². The van der Waals surface area contributed by atoms with Crippen LogP contribution in [0.25, 0.3) is 0 Å². The van der Waals surface area contributed by atoms with E-state index in [1.165, 1.54) is 22.7 Å². The van der Waals surface area contributed by atoms with E-state index in [0.717, 1.165) is 11.1 Å². The van der Waals surface area contributed by atoms with Crippen LogP contribution in [0, 0.1) is 5.82 Å². The monoisotopic (exact) mass is 362 g/mol. The van der Waals surface area contributed by atoms with E-state index in [-0.39, 0.29) is 17.8 Å². The summed E-state index contributed by atoms with van der Waals surface area (Å²) < 4.78 is 37.9. The number of halogens is 1. The van der Waals surface area contributed by atoms with Gasteiger partial charge in [0.1, 0.15) is 5.82 Å². The Morgan fingerprint density at radius 3 is 2.52 bits per heavy atom. The molecule has 2 aromatic carbocycles. The van der Waals surface area contributed by atoms with Gasteiger partial charge in [-0.15, -0.1) is 0 Å². The Morgan fingerprint density at radius 2 is 1.88 bits per heavy atom. The summed E-state index contributed by atoms with van der Waals surface area (Å²) in [6, 6.07) is 10.7. The summed E-state index contributed by atoms with van der Waals surface area (Å²) >= 11 is 0. The Balaban J connectivity index is 1.77. The maximum atomic E-state index is 13.0. The van der Waals surface area contributed by atoms with Crippen molar-refractivity contribution in [3.8, 4) is 0 Å². The number of carbonyl (C=O) groups is 1. The van der Waals surface area contributed by atoms with E-state index in [9.17, 15) is 17.6 Å². The van der Waals surface area contributed by atoms with E-state index in [0.29, 0.717) is 24.2 Å². The highest BCUT2D eigenvalue weighted by atomic mass is 32.2. The van der Waals surface area contributed by atoms with Gasteiger partial charge in [-0.1, -0.05) is 12.1 Å². The third kappa shape index (κ3) is 3.66. The van der Waals surface area contributed by atoms with Crippen LogP contribution in [0.2, 0.25) is 0 Å². The second-order valence-corrected chi connectivity index (χ2v) is 8.08. The van der Waals surface area contributed by atoms with Crippen LogP contribution in [0.5, 0.6) is 0 Å². The predicted molar refractivity (Wildman–Crippen MR) is 94.6 cm³/mol. The van der Waals surface area contributed by atoms with Crippen LogP contribution < -0.4 is 9.62 Å². The van der Waals surface area contributed by atoms with Crippen molar-refractivity contribution in [2.45, 2.75) is 19.4 Å². The summed E-state index contributed by atoms with van der Waals surface area (Å²) in [4.78, 5) is 12.5. The van der Waals surface area contributed by atoms with Crippen molar-refractivity contribution in [3.63, 3.8) is 0 Å². The lowest BCUT2D eigenvalue weighted by molar-refractivity contribution is 0.0940. The Labute approximate surface area is 146 Å². The molecule has 1 amide bonds. The van der Waals surface area contributed by atoms with Gasteiger partial charge in [0.05, 0.1) is 18.0 Å². The molecule has 2 aromatic rings. The van der Waals surface area contributed by atoms with Gasteiger partial charge in [0.15, 0.2) is 0 Å². The first-order valence-electron chi connectivity index (χ1n) is 7.92. The zero-order valence-electron chi connectivity index (χ0n) is 14.0. The smallest absolute Gasteiger partial charge is 0.251 e. The van der Waals surface area contributed by atoms with Gasteiger partial charge in [-0.3, -0.25) is 9.10 Å². The number of nitrogens with zero attached hydrogens (tertiary/aromatic N) is 1. The molecule has 25 heavy (non-hydrogen) atoms. The van der Waals surface area contributed by atoms with Crippen molar-refractivity contribution in [1.29, 1.82) is 0 Å². The molecule has 0 aliphatic carbocycles. The molecule has 5 nitrogen and oxygen atoms in total. The maximum Gasteiger partial charge on any atom is 0.251 e. The highest BCUT2D eigenvalue weighted by Crippen LogP contribution is 2.30. The zero-order chi connectivity index (χ0) is 18.2. The minimum Gasteiger partial charge on any atom is -0.346 e. The summed E-state index contributed by atoms with van der Waals surface area (Å²) in [7, 11) is -3.31. The second-order valence-electron chi connectivity index (χ2n) is 6.18. The van der Waals surface area contributed by atoms with Gasteiger partial charge in [0.25, 0.3) is 5.91 Å². The van der Waals surface area contributed by atoms with Gasteiger partial charge in [-0.25, -0.2) is 12.8 Å². The highest BCUT2D eigenvalue weighted by Gasteiger charge is 2.26. The lowest BCUT2D eigenvalue weighted by Crippen LogP contribution is -2.28. The molecule has 0 saturated carbocycles. The Hall–Kier alpha value is -2.41. The van der Waals surface area contributed by atoms with Crippen LogP contribution >= 0.6 is 0 Å². The first-order chi connectivity index (χ1) is 11.8. The van der Waals surface area contributed by atoms with Gasteiger partial charge in [-0.05, 0) is 54.8 Å². The molecule has 0 bridgehead atoms. The first-order valence-corrected chi connectivity index (χ1v) is 9.77. The molecule has 1 aliphatic rings. The predicted octanol–water partition coefficient (Wildman–Crippen LogP) is 2.64. The van der Waals surface area contributed by atoms with Crippen molar-refractivity contribution >= 4 is 21.6 Å². The molecule has 0 unspecified atom stereocenters. The number of nitrogens with one attached hydrogen (secondary N) is 1. The fraction of sp³-hybridized carbons (Fsp3) is 0.278. The van der Waals surface area contributed by atoms with Crippen LogP contribution in [0.1, 0.15) is 34.5 Å². The lowest BCUT2D eigenvalue weighted by Gasteiger charge is -2.17. The third-order valence-electron chi connectivity index (χ3n) is 4.31. The summed E-state index contributed by atoms with van der Waals surface area (Å²) in [5.41, 5.74) is 2.75. The maximum absolute atomic E-state index is 13.0. The molecule has 132 valence electrons. The average Bonchev–Trinajstić information content (AvgIpc) is 2.98. The average molecular weight is 362 g/mol. The number of amides is 1. The van der Waals surface area contributed by atoms with Crippen LogP contribution in [0.4, 0.5) is 10.1 Å². The van der Waals surface area contributed by atoms with Crippen molar-refractivity contribution in [3.05, 3.63) is 65.0 Å². The molecule has 0 fully saturated rings. The van der Waals surface area contributed by atoms with E-state index in [2.05, 4.69) is 5.32 Å². The van der Waals surface area contributed by atoms with Crippen molar-refractivity contribution < 1.29 is 17.6 Å². The first kappa shape index (κ1) is 17.4. The van der Waals surface area contributed by atoms with Crippen molar-refractivity contribution in [1.82, 2.24) is 5.32 Å². The van der Waals surface area contributed by atoms with E-state index in [4.69, 9.17) is 0 Å². The molecule has 1 aliphatic heterocycles. The molecule has 0 spiro atoms.